The van der Waals surface area contributed by atoms with Crippen LogP contribution in [-0.2, 0) is 9.53 Å². The molecule has 0 aromatic carbocycles. The molecule has 1 heterocycles. The maximum absolute atomic E-state index is 10.8. The molecule has 1 aliphatic heterocycles. The lowest BCUT2D eigenvalue weighted by Crippen LogP contribution is -2.51. The molecule has 88 valence electrons. The number of carbonyl (C=O) groups is 1. The Morgan fingerprint density at radius 1 is 1.53 bits per heavy atom. The third kappa shape index (κ3) is 2.44. The van der Waals surface area contributed by atoms with Crippen molar-refractivity contribution in [3.05, 3.63) is 0 Å². The molecule has 0 radical (unpaired) electrons. The van der Waals surface area contributed by atoms with Crippen LogP contribution in [0.1, 0.15) is 32.1 Å². The second-order valence-corrected chi connectivity index (χ2v) is 4.50. The van der Waals surface area contributed by atoms with Gasteiger partial charge in [0.2, 0.25) is 0 Å². The van der Waals surface area contributed by atoms with E-state index in [4.69, 9.17) is 15.6 Å². The summed E-state index contributed by atoms with van der Waals surface area (Å²) in [5.74, 6) is -0.784. The molecule has 2 fully saturated rings. The van der Waals surface area contributed by atoms with Crippen molar-refractivity contribution in [3.8, 4) is 0 Å². The smallest absolute Gasteiger partial charge is 0.320 e. The van der Waals surface area contributed by atoms with Gasteiger partial charge < -0.3 is 15.6 Å². The summed E-state index contributed by atoms with van der Waals surface area (Å²) in [6, 6.07) is -0.712. The number of halogens is 1. The lowest BCUT2D eigenvalue weighted by molar-refractivity contribution is -0.156. The largest absolute Gasteiger partial charge is 0.480 e. The topological polar surface area (TPSA) is 72.6 Å². The lowest BCUT2D eigenvalue weighted by Gasteiger charge is -2.47. The molecule has 1 aliphatic carbocycles. The Hall–Kier alpha value is -0.320. The molecule has 2 unspecified atom stereocenters. The second kappa shape index (κ2) is 4.68. The zero-order valence-electron chi connectivity index (χ0n) is 8.65. The Labute approximate surface area is 95.6 Å². The van der Waals surface area contributed by atoms with Crippen LogP contribution in [0.15, 0.2) is 0 Å². The minimum Gasteiger partial charge on any atom is -0.480 e. The second-order valence-electron chi connectivity index (χ2n) is 4.50. The molecule has 1 saturated heterocycles. The highest BCUT2D eigenvalue weighted by atomic mass is 35.5. The summed E-state index contributed by atoms with van der Waals surface area (Å²) in [6.07, 6.45) is 4.98. The third-order valence-electron chi connectivity index (χ3n) is 3.59. The van der Waals surface area contributed by atoms with Crippen LogP contribution in [0.5, 0.6) is 0 Å². The molecule has 2 rings (SSSR count). The van der Waals surface area contributed by atoms with E-state index in [0.717, 1.165) is 25.7 Å². The molecule has 3 N–H and O–H groups in total. The van der Waals surface area contributed by atoms with Crippen LogP contribution in [0.4, 0.5) is 0 Å². The van der Waals surface area contributed by atoms with Crippen molar-refractivity contribution in [2.24, 2.45) is 11.7 Å². The first-order valence-electron chi connectivity index (χ1n) is 5.25. The number of nitrogens with two attached hydrogens (primary N) is 1. The van der Waals surface area contributed by atoms with E-state index in [0.29, 0.717) is 6.61 Å². The summed E-state index contributed by atoms with van der Waals surface area (Å²) in [5, 5.41) is 8.83. The van der Waals surface area contributed by atoms with E-state index in [2.05, 4.69) is 0 Å². The van der Waals surface area contributed by atoms with Gasteiger partial charge in [-0.2, -0.15) is 0 Å². The van der Waals surface area contributed by atoms with Gasteiger partial charge in [0.05, 0.1) is 5.60 Å². The number of hydrogen-bond donors (Lipinski definition) is 2. The van der Waals surface area contributed by atoms with Gasteiger partial charge in [0.1, 0.15) is 6.04 Å². The van der Waals surface area contributed by atoms with Crippen LogP contribution >= 0.6 is 12.4 Å². The van der Waals surface area contributed by atoms with Crippen molar-refractivity contribution in [2.45, 2.75) is 43.7 Å². The Bertz CT molecular complexity index is 243. The molecule has 2 atom stereocenters. The van der Waals surface area contributed by atoms with Crippen molar-refractivity contribution in [1.29, 1.82) is 0 Å². The SMILES string of the molecule is Cl.NC(C(=O)O)C1CCOC2(CCC2)C1. The van der Waals surface area contributed by atoms with Gasteiger partial charge in [0, 0.05) is 6.61 Å². The number of ether oxygens (including phenoxy) is 1. The normalized spacial score (nSPS) is 30.1. The summed E-state index contributed by atoms with van der Waals surface area (Å²) in [4.78, 5) is 10.8. The van der Waals surface area contributed by atoms with Crippen LogP contribution in [0, 0.1) is 5.92 Å². The summed E-state index contributed by atoms with van der Waals surface area (Å²) in [7, 11) is 0. The average molecular weight is 236 g/mol. The highest BCUT2D eigenvalue weighted by Crippen LogP contribution is 2.44. The molecule has 1 saturated carbocycles. The number of hydrogen-bond acceptors (Lipinski definition) is 3. The van der Waals surface area contributed by atoms with Gasteiger partial charge in [-0.15, -0.1) is 12.4 Å². The highest BCUT2D eigenvalue weighted by molar-refractivity contribution is 5.85. The fraction of sp³-hybridized carbons (Fsp3) is 0.900. The van der Waals surface area contributed by atoms with Crippen molar-refractivity contribution in [1.82, 2.24) is 0 Å². The highest BCUT2D eigenvalue weighted by Gasteiger charge is 2.44. The zero-order valence-corrected chi connectivity index (χ0v) is 9.46. The molecular formula is C10H18ClNO3. The van der Waals surface area contributed by atoms with Crippen molar-refractivity contribution in [3.63, 3.8) is 0 Å². The Balaban J connectivity index is 0.00000112. The Morgan fingerprint density at radius 2 is 2.20 bits per heavy atom. The van der Waals surface area contributed by atoms with Gasteiger partial charge in [-0.05, 0) is 38.0 Å². The van der Waals surface area contributed by atoms with Gasteiger partial charge >= 0.3 is 5.97 Å². The fourth-order valence-corrected chi connectivity index (χ4v) is 2.49. The molecule has 0 aromatic rings. The van der Waals surface area contributed by atoms with Crippen LogP contribution in [0.3, 0.4) is 0 Å². The summed E-state index contributed by atoms with van der Waals surface area (Å²) in [5.41, 5.74) is 5.63. The molecule has 0 bridgehead atoms. The van der Waals surface area contributed by atoms with Crippen LogP contribution in [0.2, 0.25) is 0 Å². The maximum atomic E-state index is 10.8. The molecule has 1 spiro atoms. The zero-order chi connectivity index (χ0) is 10.2. The van der Waals surface area contributed by atoms with Gasteiger partial charge in [0.25, 0.3) is 0 Å². The van der Waals surface area contributed by atoms with Gasteiger partial charge in [-0.3, -0.25) is 4.79 Å². The van der Waals surface area contributed by atoms with E-state index >= 15 is 0 Å². The first kappa shape index (κ1) is 12.7. The minimum atomic E-state index is -0.883. The number of carboxylic acids is 1. The van der Waals surface area contributed by atoms with Gasteiger partial charge in [-0.25, -0.2) is 0 Å². The summed E-state index contributed by atoms with van der Waals surface area (Å²) in [6.45, 7) is 0.672. The molecule has 15 heavy (non-hydrogen) atoms. The molecule has 4 nitrogen and oxygen atoms in total. The molecule has 2 aliphatic rings. The molecular weight excluding hydrogens is 218 g/mol. The predicted molar refractivity (Wildman–Crippen MR) is 58.1 cm³/mol. The molecule has 0 amide bonds. The fourth-order valence-electron chi connectivity index (χ4n) is 2.49. The first-order valence-corrected chi connectivity index (χ1v) is 5.25. The Kier molecular flexibility index (Phi) is 3.98. The number of rotatable bonds is 2. The molecule has 5 heteroatoms. The van der Waals surface area contributed by atoms with Crippen LogP contribution < -0.4 is 5.73 Å². The van der Waals surface area contributed by atoms with E-state index < -0.39 is 12.0 Å². The molecule has 0 aromatic heterocycles. The standard InChI is InChI=1S/C10H17NO3.ClH/c11-8(9(12)13)7-2-5-14-10(6-7)3-1-4-10;/h7-8H,1-6,11H2,(H,12,13);1H. The van der Waals surface area contributed by atoms with E-state index in [1.807, 2.05) is 0 Å². The average Bonchev–Trinajstić information content (AvgIpc) is 2.14. The van der Waals surface area contributed by atoms with E-state index in [-0.39, 0.29) is 23.9 Å². The van der Waals surface area contributed by atoms with E-state index in [9.17, 15) is 4.79 Å². The van der Waals surface area contributed by atoms with Crippen LogP contribution in [0.25, 0.3) is 0 Å². The maximum Gasteiger partial charge on any atom is 0.320 e. The number of carboxylic acid groups (broad SMARTS) is 1. The van der Waals surface area contributed by atoms with Crippen molar-refractivity contribution in [2.75, 3.05) is 6.61 Å². The van der Waals surface area contributed by atoms with E-state index in [1.54, 1.807) is 0 Å². The summed E-state index contributed by atoms with van der Waals surface area (Å²) < 4.78 is 5.71. The van der Waals surface area contributed by atoms with Gasteiger partial charge in [-0.1, -0.05) is 0 Å². The lowest BCUT2D eigenvalue weighted by atomic mass is 9.70. The first-order chi connectivity index (χ1) is 6.63. The van der Waals surface area contributed by atoms with Gasteiger partial charge in [0.15, 0.2) is 0 Å². The van der Waals surface area contributed by atoms with Crippen LogP contribution in [-0.4, -0.2) is 29.3 Å². The van der Waals surface area contributed by atoms with Crippen molar-refractivity contribution >= 4 is 18.4 Å². The third-order valence-corrected chi connectivity index (χ3v) is 3.59. The Morgan fingerprint density at radius 3 is 2.67 bits per heavy atom. The van der Waals surface area contributed by atoms with E-state index in [1.165, 1.54) is 6.42 Å². The quantitative estimate of drug-likeness (QED) is 0.754. The number of aliphatic carboxylic acids is 1. The summed E-state index contributed by atoms with van der Waals surface area (Å²) >= 11 is 0. The predicted octanol–water partition coefficient (Wildman–Crippen LogP) is 1.17. The monoisotopic (exact) mass is 235 g/mol. The van der Waals surface area contributed by atoms with Crippen molar-refractivity contribution < 1.29 is 14.6 Å². The minimum absolute atomic E-state index is 0.